The second kappa shape index (κ2) is 14.0. The van der Waals surface area contributed by atoms with Crippen molar-refractivity contribution in [1.82, 2.24) is 20.9 Å². The van der Waals surface area contributed by atoms with Gasteiger partial charge in [0.25, 0.3) is 0 Å². The maximum absolute atomic E-state index is 13.0. The van der Waals surface area contributed by atoms with Crippen LogP contribution >= 0.6 is 12.6 Å². The number of hydrogen-bond acceptors (Lipinski definition) is 8. The third kappa shape index (κ3) is 8.77. The Balaban J connectivity index is 2.21. The number of rotatable bonds is 15. The van der Waals surface area contributed by atoms with E-state index in [1.165, 1.54) is 0 Å². The maximum Gasteiger partial charge on any atom is 0.326 e. The molecule has 4 atom stereocenters. The van der Waals surface area contributed by atoms with E-state index in [1.807, 2.05) is 0 Å². The third-order valence-electron chi connectivity index (χ3n) is 5.57. The molecule has 1 aromatic carbocycles. The summed E-state index contributed by atoms with van der Waals surface area (Å²) >= 11 is 3.88. The van der Waals surface area contributed by atoms with Crippen LogP contribution in [0.5, 0.6) is 0 Å². The number of amides is 4. The number of carboxylic acids is 2. The summed E-state index contributed by atoms with van der Waals surface area (Å²) in [6.45, 7) is 0. The van der Waals surface area contributed by atoms with Crippen LogP contribution in [-0.2, 0) is 35.2 Å². The van der Waals surface area contributed by atoms with Gasteiger partial charge in [0.1, 0.15) is 18.1 Å². The van der Waals surface area contributed by atoms with Gasteiger partial charge in [0.2, 0.25) is 23.6 Å². The first-order valence-electron chi connectivity index (χ1n) is 11.5. The van der Waals surface area contributed by atoms with Crippen molar-refractivity contribution in [2.75, 3.05) is 5.75 Å². The lowest BCUT2D eigenvalue weighted by Crippen LogP contribution is -2.58. The van der Waals surface area contributed by atoms with Gasteiger partial charge in [0, 0.05) is 35.7 Å². The van der Waals surface area contributed by atoms with E-state index in [0.29, 0.717) is 5.56 Å². The predicted molar refractivity (Wildman–Crippen MR) is 138 cm³/mol. The van der Waals surface area contributed by atoms with E-state index >= 15 is 0 Å². The Bertz CT molecular complexity index is 1200. The normalized spacial score (nSPS) is 14.1. The summed E-state index contributed by atoms with van der Waals surface area (Å²) in [7, 11) is 0. The van der Waals surface area contributed by atoms with Gasteiger partial charge in [-0.2, -0.15) is 12.6 Å². The number of carbonyl (C=O) groups is 6. The molecule has 0 aliphatic rings. The topological polar surface area (TPSA) is 247 Å². The molecule has 10 N–H and O–H groups in total. The number of primary amides is 1. The molecular formula is C23H30N6O8S. The van der Waals surface area contributed by atoms with Crippen molar-refractivity contribution < 1.29 is 39.0 Å². The highest BCUT2D eigenvalue weighted by Crippen LogP contribution is 2.19. The summed E-state index contributed by atoms with van der Waals surface area (Å²) in [4.78, 5) is 75.5. The Labute approximate surface area is 222 Å². The van der Waals surface area contributed by atoms with Crippen molar-refractivity contribution in [2.24, 2.45) is 11.5 Å². The predicted octanol–water partition coefficient (Wildman–Crippen LogP) is -1.75. The number of carboxylic acid groups (broad SMARTS) is 2. The van der Waals surface area contributed by atoms with Crippen LogP contribution in [0.4, 0.5) is 0 Å². The molecule has 206 valence electrons. The molecule has 0 saturated carbocycles. The Kier molecular flexibility index (Phi) is 11.1. The van der Waals surface area contributed by atoms with Crippen molar-refractivity contribution in [3.8, 4) is 0 Å². The summed E-state index contributed by atoms with van der Waals surface area (Å²) in [5.41, 5.74) is 12.1. The molecule has 0 aliphatic heterocycles. The quantitative estimate of drug-likeness (QED) is 0.114. The summed E-state index contributed by atoms with van der Waals surface area (Å²) in [6, 6.07) is 1.56. The fraction of sp³-hybridized carbons (Fsp3) is 0.391. The Morgan fingerprint density at radius 3 is 2.13 bits per heavy atom. The maximum atomic E-state index is 13.0. The smallest absolute Gasteiger partial charge is 0.326 e. The molecule has 4 unspecified atom stereocenters. The van der Waals surface area contributed by atoms with E-state index in [1.54, 1.807) is 30.5 Å². The van der Waals surface area contributed by atoms with Crippen LogP contribution in [0.25, 0.3) is 10.9 Å². The number of aliphatic carboxylic acids is 2. The number of aromatic nitrogens is 1. The summed E-state index contributed by atoms with van der Waals surface area (Å²) < 4.78 is 0. The van der Waals surface area contributed by atoms with Gasteiger partial charge in [-0.25, -0.2) is 4.79 Å². The average molecular weight is 551 g/mol. The van der Waals surface area contributed by atoms with Crippen molar-refractivity contribution >= 4 is 59.1 Å². The molecule has 14 nitrogen and oxygen atoms in total. The molecule has 1 heterocycles. The minimum absolute atomic E-state index is 0.0795. The fourth-order valence-corrected chi connectivity index (χ4v) is 3.73. The number of carbonyl (C=O) groups excluding carboxylic acids is 4. The molecule has 0 aliphatic carbocycles. The number of hydrogen-bond donors (Lipinski definition) is 9. The summed E-state index contributed by atoms with van der Waals surface area (Å²) in [5, 5.41) is 26.4. The molecule has 0 saturated heterocycles. The second-order valence-corrected chi connectivity index (χ2v) is 8.84. The van der Waals surface area contributed by atoms with E-state index < -0.39 is 66.2 Å². The molecule has 0 radical (unpaired) electrons. The lowest BCUT2D eigenvalue weighted by Gasteiger charge is -2.24. The summed E-state index contributed by atoms with van der Waals surface area (Å²) in [5.74, 6) is -6.48. The first-order chi connectivity index (χ1) is 17.9. The SMILES string of the molecule is NC(=O)CCC(NC(=O)C(CC(=O)O)NC(=O)C(N)CS)C(=O)NC(Cc1c[nH]c2ccccc12)C(=O)O. The lowest BCUT2D eigenvalue weighted by molar-refractivity contribution is -0.143. The van der Waals surface area contributed by atoms with Crippen LogP contribution in [0.15, 0.2) is 30.5 Å². The van der Waals surface area contributed by atoms with Gasteiger partial charge < -0.3 is 42.6 Å². The zero-order valence-corrected chi connectivity index (χ0v) is 21.1. The molecule has 2 aromatic rings. The van der Waals surface area contributed by atoms with Crippen LogP contribution in [0.3, 0.4) is 0 Å². The largest absolute Gasteiger partial charge is 0.481 e. The molecule has 1 aromatic heterocycles. The van der Waals surface area contributed by atoms with Crippen LogP contribution in [0, 0.1) is 0 Å². The number of nitrogens with two attached hydrogens (primary N) is 2. The van der Waals surface area contributed by atoms with Gasteiger partial charge in [-0.05, 0) is 18.1 Å². The van der Waals surface area contributed by atoms with Gasteiger partial charge in [-0.1, -0.05) is 18.2 Å². The van der Waals surface area contributed by atoms with E-state index in [2.05, 4.69) is 33.6 Å². The lowest BCUT2D eigenvalue weighted by atomic mass is 10.0. The number of thiol groups is 1. The standard InChI is InChI=1S/C23H30N6O8S/c24-13(10-38)20(33)28-16(8-19(31)32)22(35)27-15(5-6-18(25)30)21(34)29-17(23(36)37)7-11-9-26-14-4-2-1-3-12(11)14/h1-4,9,13,15-17,26,38H,5-8,10,24H2,(H2,25,30)(H,27,35)(H,28,33)(H,29,34)(H,31,32)(H,36,37). The number of H-pyrrole nitrogens is 1. The Morgan fingerprint density at radius 2 is 1.53 bits per heavy atom. The van der Waals surface area contributed by atoms with Gasteiger partial charge >= 0.3 is 11.9 Å². The second-order valence-electron chi connectivity index (χ2n) is 8.48. The fourth-order valence-electron chi connectivity index (χ4n) is 3.57. The molecule has 0 spiro atoms. The minimum Gasteiger partial charge on any atom is -0.481 e. The zero-order valence-electron chi connectivity index (χ0n) is 20.2. The van der Waals surface area contributed by atoms with Gasteiger partial charge in [0.15, 0.2) is 0 Å². The van der Waals surface area contributed by atoms with Crippen molar-refractivity contribution in [2.45, 2.75) is 49.9 Å². The van der Waals surface area contributed by atoms with Crippen LogP contribution in [0.2, 0.25) is 0 Å². The Hall–Kier alpha value is -4.11. The average Bonchev–Trinajstić information content (AvgIpc) is 3.27. The molecular weight excluding hydrogens is 520 g/mol. The number of benzene rings is 1. The first-order valence-corrected chi connectivity index (χ1v) is 12.1. The Morgan fingerprint density at radius 1 is 0.921 bits per heavy atom. The molecule has 0 fully saturated rings. The monoisotopic (exact) mass is 550 g/mol. The number of fused-ring (bicyclic) bond motifs is 1. The highest BCUT2D eigenvalue weighted by Gasteiger charge is 2.31. The van der Waals surface area contributed by atoms with Crippen LogP contribution in [0.1, 0.15) is 24.8 Å². The van der Waals surface area contributed by atoms with Gasteiger partial charge in [-0.3, -0.25) is 24.0 Å². The number of aromatic amines is 1. The molecule has 4 amide bonds. The van der Waals surface area contributed by atoms with Gasteiger partial charge in [0.05, 0.1) is 12.5 Å². The van der Waals surface area contributed by atoms with Crippen molar-refractivity contribution in [3.05, 3.63) is 36.0 Å². The highest BCUT2D eigenvalue weighted by atomic mass is 32.1. The number of para-hydroxylation sites is 1. The van der Waals surface area contributed by atoms with E-state index in [-0.39, 0.29) is 25.0 Å². The van der Waals surface area contributed by atoms with E-state index in [0.717, 1.165) is 10.9 Å². The van der Waals surface area contributed by atoms with E-state index in [9.17, 15) is 33.9 Å². The molecule has 15 heteroatoms. The molecule has 38 heavy (non-hydrogen) atoms. The van der Waals surface area contributed by atoms with Crippen LogP contribution < -0.4 is 27.4 Å². The van der Waals surface area contributed by atoms with E-state index in [4.69, 9.17) is 16.6 Å². The number of nitrogens with one attached hydrogen (secondary N) is 4. The van der Waals surface area contributed by atoms with Crippen LogP contribution in [-0.4, -0.2) is 80.7 Å². The minimum atomic E-state index is -1.61. The highest BCUT2D eigenvalue weighted by molar-refractivity contribution is 7.80. The van der Waals surface area contributed by atoms with Crippen molar-refractivity contribution in [3.63, 3.8) is 0 Å². The summed E-state index contributed by atoms with van der Waals surface area (Å²) in [6.07, 6.45) is 0.0311. The van der Waals surface area contributed by atoms with Crippen molar-refractivity contribution in [1.29, 1.82) is 0 Å². The molecule has 2 rings (SSSR count). The zero-order chi connectivity index (χ0) is 28.4. The third-order valence-corrected chi connectivity index (χ3v) is 5.96. The first kappa shape index (κ1) is 30.1. The van der Waals surface area contributed by atoms with Gasteiger partial charge in [-0.15, -0.1) is 0 Å². The molecule has 0 bridgehead atoms.